The maximum absolute atomic E-state index is 12.0. The number of aromatic nitrogens is 2. The third-order valence-corrected chi connectivity index (χ3v) is 2.93. The number of rotatable bonds is 3. The Morgan fingerprint density at radius 1 is 1.26 bits per heavy atom. The predicted octanol–water partition coefficient (Wildman–Crippen LogP) is 4.23. The van der Waals surface area contributed by atoms with Gasteiger partial charge in [-0.25, -0.2) is 4.68 Å². The molecule has 1 aromatic heterocycles. The van der Waals surface area contributed by atoms with Crippen LogP contribution < -0.4 is 4.74 Å². The first-order valence-electron chi connectivity index (χ1n) is 5.40. The quantitative estimate of drug-likeness (QED) is 0.785. The van der Waals surface area contributed by atoms with E-state index in [1.807, 2.05) is 6.92 Å². The lowest BCUT2D eigenvalue weighted by Crippen LogP contribution is -2.17. The molecular formula is C12H10BrF3N2O. The second-order valence-electron chi connectivity index (χ2n) is 3.88. The highest BCUT2D eigenvalue weighted by Gasteiger charge is 2.30. The number of ether oxygens (including phenoxy) is 1. The molecule has 2 rings (SSSR count). The molecule has 1 heterocycles. The first kappa shape index (κ1) is 13.9. The van der Waals surface area contributed by atoms with Gasteiger partial charge in [0, 0.05) is 16.6 Å². The number of benzene rings is 1. The summed E-state index contributed by atoms with van der Waals surface area (Å²) in [5.41, 5.74) is 1.64. The molecule has 7 heteroatoms. The van der Waals surface area contributed by atoms with E-state index in [1.165, 1.54) is 24.3 Å². The number of alkyl halides is 4. The Morgan fingerprint density at radius 3 is 2.37 bits per heavy atom. The highest BCUT2D eigenvalue weighted by molar-refractivity contribution is 9.09. The predicted molar refractivity (Wildman–Crippen MR) is 67.6 cm³/mol. The van der Waals surface area contributed by atoms with Gasteiger partial charge in [0.05, 0.1) is 11.9 Å². The summed E-state index contributed by atoms with van der Waals surface area (Å²) in [6.07, 6.45) is -1.18. The van der Waals surface area contributed by atoms with Gasteiger partial charge in [-0.1, -0.05) is 15.9 Å². The largest absolute Gasteiger partial charge is 0.573 e. The molecule has 1 aromatic carbocycles. The molecule has 0 aliphatic carbocycles. The van der Waals surface area contributed by atoms with Crippen molar-refractivity contribution in [1.29, 1.82) is 0 Å². The van der Waals surface area contributed by atoms with Crippen LogP contribution in [0.5, 0.6) is 5.75 Å². The van der Waals surface area contributed by atoms with Crippen LogP contribution in [0.3, 0.4) is 0 Å². The van der Waals surface area contributed by atoms with E-state index >= 15 is 0 Å². The molecule has 2 aromatic rings. The van der Waals surface area contributed by atoms with E-state index in [1.54, 1.807) is 17.1 Å². The summed E-state index contributed by atoms with van der Waals surface area (Å²) in [4.78, 5) is 0.161. The van der Waals surface area contributed by atoms with Crippen LogP contribution in [0.25, 0.3) is 5.69 Å². The van der Waals surface area contributed by atoms with Crippen molar-refractivity contribution in [2.24, 2.45) is 0 Å². The summed E-state index contributed by atoms with van der Waals surface area (Å²) in [6, 6.07) is 5.52. The Morgan fingerprint density at radius 2 is 1.89 bits per heavy atom. The van der Waals surface area contributed by atoms with Crippen molar-refractivity contribution < 1.29 is 17.9 Å². The molecule has 0 fully saturated rings. The van der Waals surface area contributed by atoms with Crippen LogP contribution in [0.15, 0.2) is 36.7 Å². The fourth-order valence-corrected chi connectivity index (χ4v) is 1.72. The molecule has 0 saturated carbocycles. The van der Waals surface area contributed by atoms with E-state index in [-0.39, 0.29) is 10.6 Å². The average Bonchev–Trinajstić information content (AvgIpc) is 2.77. The molecule has 0 N–H and O–H groups in total. The van der Waals surface area contributed by atoms with Crippen LogP contribution in [0, 0.1) is 0 Å². The summed E-state index contributed by atoms with van der Waals surface area (Å²) in [5.74, 6) is -0.252. The van der Waals surface area contributed by atoms with Gasteiger partial charge in [0.15, 0.2) is 0 Å². The third-order valence-electron chi connectivity index (χ3n) is 2.40. The zero-order valence-corrected chi connectivity index (χ0v) is 11.4. The molecule has 0 spiro atoms. The summed E-state index contributed by atoms with van der Waals surface area (Å²) < 4.78 is 41.4. The van der Waals surface area contributed by atoms with Gasteiger partial charge < -0.3 is 4.74 Å². The van der Waals surface area contributed by atoms with Crippen LogP contribution in [0.2, 0.25) is 0 Å². The summed E-state index contributed by atoms with van der Waals surface area (Å²) in [6.45, 7) is 1.96. The maximum atomic E-state index is 12.0. The Kier molecular flexibility index (Phi) is 3.84. The molecular weight excluding hydrogens is 325 g/mol. The lowest BCUT2D eigenvalue weighted by atomic mass is 10.3. The summed E-state index contributed by atoms with van der Waals surface area (Å²) in [5, 5.41) is 4.14. The molecule has 0 aliphatic rings. The van der Waals surface area contributed by atoms with Gasteiger partial charge in [-0.15, -0.1) is 13.2 Å². The van der Waals surface area contributed by atoms with Gasteiger partial charge in [0.2, 0.25) is 0 Å². The van der Waals surface area contributed by atoms with Crippen LogP contribution in [-0.2, 0) is 0 Å². The topological polar surface area (TPSA) is 27.1 Å². The van der Waals surface area contributed by atoms with Crippen molar-refractivity contribution in [3.05, 3.63) is 42.2 Å². The van der Waals surface area contributed by atoms with Crippen LogP contribution in [-0.4, -0.2) is 16.1 Å². The fourth-order valence-electron chi connectivity index (χ4n) is 1.48. The molecule has 19 heavy (non-hydrogen) atoms. The monoisotopic (exact) mass is 334 g/mol. The van der Waals surface area contributed by atoms with Gasteiger partial charge >= 0.3 is 6.36 Å². The van der Waals surface area contributed by atoms with Crippen molar-refractivity contribution in [3.8, 4) is 11.4 Å². The third kappa shape index (κ3) is 3.73. The second-order valence-corrected chi connectivity index (χ2v) is 5.25. The van der Waals surface area contributed by atoms with E-state index < -0.39 is 6.36 Å². The van der Waals surface area contributed by atoms with E-state index in [4.69, 9.17) is 0 Å². The minimum atomic E-state index is -4.67. The van der Waals surface area contributed by atoms with E-state index in [0.717, 1.165) is 5.56 Å². The summed E-state index contributed by atoms with van der Waals surface area (Å²) >= 11 is 3.41. The minimum Gasteiger partial charge on any atom is -0.406 e. The van der Waals surface area contributed by atoms with Gasteiger partial charge in [-0.3, -0.25) is 0 Å². The Balaban J connectivity index is 2.17. The zero-order valence-electron chi connectivity index (χ0n) is 9.86. The fraction of sp³-hybridized carbons (Fsp3) is 0.250. The van der Waals surface area contributed by atoms with Gasteiger partial charge in [-0.2, -0.15) is 5.10 Å². The molecule has 1 atom stereocenters. The number of hydrogen-bond acceptors (Lipinski definition) is 2. The van der Waals surface area contributed by atoms with Crippen molar-refractivity contribution in [3.63, 3.8) is 0 Å². The highest BCUT2D eigenvalue weighted by Crippen LogP contribution is 2.25. The highest BCUT2D eigenvalue weighted by atomic mass is 79.9. The SMILES string of the molecule is CC(Br)c1cnn(-c2ccc(OC(F)(F)F)cc2)c1. The van der Waals surface area contributed by atoms with Crippen molar-refractivity contribution in [2.75, 3.05) is 0 Å². The Bertz CT molecular complexity index is 549. The van der Waals surface area contributed by atoms with Crippen molar-refractivity contribution in [2.45, 2.75) is 18.1 Å². The van der Waals surface area contributed by atoms with Crippen molar-refractivity contribution in [1.82, 2.24) is 9.78 Å². The van der Waals surface area contributed by atoms with E-state index in [9.17, 15) is 13.2 Å². The lowest BCUT2D eigenvalue weighted by molar-refractivity contribution is -0.274. The van der Waals surface area contributed by atoms with E-state index in [2.05, 4.69) is 25.8 Å². The van der Waals surface area contributed by atoms with Crippen LogP contribution in [0.1, 0.15) is 17.3 Å². The molecule has 0 aliphatic heterocycles. The van der Waals surface area contributed by atoms with Gasteiger partial charge in [0.1, 0.15) is 5.75 Å². The van der Waals surface area contributed by atoms with Crippen LogP contribution >= 0.6 is 15.9 Å². The molecule has 0 radical (unpaired) electrons. The molecule has 102 valence electrons. The lowest BCUT2D eigenvalue weighted by Gasteiger charge is -2.09. The molecule has 3 nitrogen and oxygen atoms in total. The number of halogens is 4. The average molecular weight is 335 g/mol. The second kappa shape index (κ2) is 5.24. The number of hydrogen-bond donors (Lipinski definition) is 0. The standard InChI is InChI=1S/C12H10BrF3N2O/c1-8(13)9-6-17-18(7-9)10-2-4-11(5-3-10)19-12(14,15)16/h2-8H,1H3. The normalized spacial score (nSPS) is 13.3. The zero-order chi connectivity index (χ0) is 14.0. The number of nitrogens with zero attached hydrogens (tertiary/aromatic N) is 2. The molecule has 0 bridgehead atoms. The van der Waals surface area contributed by atoms with Gasteiger partial charge in [-0.05, 0) is 31.2 Å². The van der Waals surface area contributed by atoms with Crippen LogP contribution in [0.4, 0.5) is 13.2 Å². The maximum Gasteiger partial charge on any atom is 0.573 e. The minimum absolute atomic E-state index is 0.161. The molecule has 0 saturated heterocycles. The molecule has 1 unspecified atom stereocenters. The first-order chi connectivity index (χ1) is 8.85. The Hall–Kier alpha value is -1.50. The van der Waals surface area contributed by atoms with Crippen molar-refractivity contribution >= 4 is 15.9 Å². The Labute approximate surface area is 116 Å². The molecule has 0 amide bonds. The first-order valence-corrected chi connectivity index (χ1v) is 6.31. The summed E-state index contributed by atoms with van der Waals surface area (Å²) in [7, 11) is 0. The van der Waals surface area contributed by atoms with Gasteiger partial charge in [0.25, 0.3) is 0 Å². The van der Waals surface area contributed by atoms with E-state index in [0.29, 0.717) is 5.69 Å². The smallest absolute Gasteiger partial charge is 0.406 e.